The molecule has 0 radical (unpaired) electrons. The quantitative estimate of drug-likeness (QED) is 0.536. The molecule has 11 heavy (non-hydrogen) atoms. The van der Waals surface area contributed by atoms with Gasteiger partial charge in [-0.3, -0.25) is 0 Å². The van der Waals surface area contributed by atoms with Gasteiger partial charge in [0.2, 0.25) is 0 Å². The van der Waals surface area contributed by atoms with Crippen LogP contribution >= 0.6 is 0 Å². The van der Waals surface area contributed by atoms with Crippen LogP contribution in [0.1, 0.15) is 52.4 Å². The zero-order valence-corrected chi connectivity index (χ0v) is 7.77. The molecule has 0 saturated carbocycles. The first-order valence-corrected chi connectivity index (χ1v) is 4.68. The van der Waals surface area contributed by atoms with Crippen LogP contribution in [0.4, 0.5) is 0 Å². The Morgan fingerprint density at radius 3 is 2.55 bits per heavy atom. The van der Waals surface area contributed by atoms with Gasteiger partial charge in [-0.2, -0.15) is 5.26 Å². The molecule has 0 aliphatic carbocycles. The maximum atomic E-state index is 8.28. The molecule has 0 fully saturated rings. The summed E-state index contributed by atoms with van der Waals surface area (Å²) in [7, 11) is 0. The topological polar surface area (TPSA) is 23.8 Å². The van der Waals surface area contributed by atoms with Crippen molar-refractivity contribution >= 4 is 0 Å². The number of rotatable bonds is 6. The molecule has 64 valence electrons. The van der Waals surface area contributed by atoms with Crippen LogP contribution in [-0.4, -0.2) is 0 Å². The number of hydrogen-bond donors (Lipinski definition) is 0. The molecule has 0 saturated heterocycles. The van der Waals surface area contributed by atoms with Crippen LogP contribution in [0.5, 0.6) is 0 Å². The molecule has 0 spiro atoms. The van der Waals surface area contributed by atoms with Crippen molar-refractivity contribution in [3.05, 3.63) is 0 Å². The Morgan fingerprint density at radius 2 is 2.00 bits per heavy atom. The van der Waals surface area contributed by atoms with Crippen LogP contribution in [0.2, 0.25) is 0 Å². The first-order chi connectivity index (χ1) is 5.31. The zero-order valence-electron chi connectivity index (χ0n) is 7.77. The molecule has 0 aliphatic rings. The van der Waals surface area contributed by atoms with Crippen molar-refractivity contribution in [3.63, 3.8) is 0 Å². The summed E-state index contributed by atoms with van der Waals surface area (Å²) in [5, 5.41) is 8.28. The van der Waals surface area contributed by atoms with Gasteiger partial charge in [-0.25, -0.2) is 0 Å². The number of nitriles is 1. The van der Waals surface area contributed by atoms with Crippen molar-refractivity contribution in [1.29, 1.82) is 5.26 Å². The van der Waals surface area contributed by atoms with Crippen LogP contribution in [0, 0.1) is 17.2 Å². The van der Waals surface area contributed by atoms with Crippen molar-refractivity contribution in [2.45, 2.75) is 52.4 Å². The van der Waals surface area contributed by atoms with Gasteiger partial charge in [0.1, 0.15) is 0 Å². The summed E-state index contributed by atoms with van der Waals surface area (Å²) in [5.41, 5.74) is 0. The van der Waals surface area contributed by atoms with Gasteiger partial charge in [0.05, 0.1) is 6.07 Å². The Hall–Kier alpha value is -0.510. The summed E-state index contributed by atoms with van der Waals surface area (Å²) in [6.07, 6.45) is 6.99. The van der Waals surface area contributed by atoms with Crippen molar-refractivity contribution in [2.24, 2.45) is 5.92 Å². The first kappa shape index (κ1) is 10.5. The fourth-order valence-corrected chi connectivity index (χ4v) is 1.33. The van der Waals surface area contributed by atoms with E-state index in [-0.39, 0.29) is 0 Å². The number of hydrogen-bond acceptors (Lipinski definition) is 1. The molecule has 0 rings (SSSR count). The van der Waals surface area contributed by atoms with E-state index in [0.717, 1.165) is 18.8 Å². The van der Waals surface area contributed by atoms with E-state index in [0.29, 0.717) is 0 Å². The molecule has 1 nitrogen and oxygen atoms in total. The first-order valence-electron chi connectivity index (χ1n) is 4.68. The van der Waals surface area contributed by atoms with E-state index in [4.69, 9.17) is 5.26 Å². The SMILES string of the molecule is CCC[C@H](C)CCCCC#N. The second kappa shape index (κ2) is 7.60. The fraction of sp³-hybridized carbons (Fsp3) is 0.900. The molecule has 0 amide bonds. The highest BCUT2D eigenvalue weighted by Gasteiger charge is 1.98. The Morgan fingerprint density at radius 1 is 1.27 bits per heavy atom. The third kappa shape index (κ3) is 7.39. The number of unbranched alkanes of at least 4 members (excludes halogenated alkanes) is 2. The molecule has 1 heteroatoms. The van der Waals surface area contributed by atoms with E-state index in [9.17, 15) is 0 Å². The Balaban J connectivity index is 3.05. The predicted octanol–water partition coefficient (Wildman–Crippen LogP) is 3.51. The van der Waals surface area contributed by atoms with Gasteiger partial charge in [-0.1, -0.05) is 39.5 Å². The fourth-order valence-electron chi connectivity index (χ4n) is 1.33. The lowest BCUT2D eigenvalue weighted by molar-refractivity contribution is 0.462. The number of nitrogens with zero attached hydrogens (tertiary/aromatic N) is 1. The maximum absolute atomic E-state index is 8.28. The van der Waals surface area contributed by atoms with Crippen molar-refractivity contribution in [1.82, 2.24) is 0 Å². The summed E-state index contributed by atoms with van der Waals surface area (Å²) in [4.78, 5) is 0. The van der Waals surface area contributed by atoms with Crippen LogP contribution in [0.25, 0.3) is 0 Å². The van der Waals surface area contributed by atoms with Gasteiger partial charge >= 0.3 is 0 Å². The van der Waals surface area contributed by atoms with Gasteiger partial charge in [-0.05, 0) is 12.3 Å². The molecule has 0 N–H and O–H groups in total. The molecule has 0 aromatic carbocycles. The normalized spacial score (nSPS) is 12.5. The maximum Gasteiger partial charge on any atom is 0.0621 e. The highest BCUT2D eigenvalue weighted by molar-refractivity contribution is 4.68. The highest BCUT2D eigenvalue weighted by Crippen LogP contribution is 2.13. The third-order valence-corrected chi connectivity index (χ3v) is 2.02. The minimum Gasteiger partial charge on any atom is -0.198 e. The minimum atomic E-state index is 0.735. The van der Waals surface area contributed by atoms with Gasteiger partial charge < -0.3 is 0 Å². The van der Waals surface area contributed by atoms with E-state index in [2.05, 4.69) is 19.9 Å². The van der Waals surface area contributed by atoms with Crippen LogP contribution in [-0.2, 0) is 0 Å². The molecule has 0 heterocycles. The molecule has 0 aromatic rings. The Bertz CT molecular complexity index is 113. The monoisotopic (exact) mass is 153 g/mol. The summed E-state index contributed by atoms with van der Waals surface area (Å²) in [6, 6.07) is 2.17. The lowest BCUT2D eigenvalue weighted by atomic mass is 9.99. The van der Waals surface area contributed by atoms with E-state index >= 15 is 0 Å². The molecular weight excluding hydrogens is 134 g/mol. The lowest BCUT2D eigenvalue weighted by Crippen LogP contribution is -1.93. The standard InChI is InChI=1S/C10H19N/c1-3-7-10(2)8-5-4-6-9-11/h10H,3-8H2,1-2H3/t10-/m0/s1. The van der Waals surface area contributed by atoms with Crippen LogP contribution in [0.15, 0.2) is 0 Å². The van der Waals surface area contributed by atoms with Crippen molar-refractivity contribution < 1.29 is 0 Å². The van der Waals surface area contributed by atoms with E-state index in [1.807, 2.05) is 0 Å². The summed E-state index contributed by atoms with van der Waals surface area (Å²) in [6.45, 7) is 4.53. The predicted molar refractivity (Wildman–Crippen MR) is 48.2 cm³/mol. The Labute approximate surface area is 70.4 Å². The third-order valence-electron chi connectivity index (χ3n) is 2.02. The molecule has 0 aliphatic heterocycles. The summed E-state index contributed by atoms with van der Waals surface area (Å²) in [5.74, 6) is 0.860. The van der Waals surface area contributed by atoms with Gasteiger partial charge in [0.15, 0.2) is 0 Å². The van der Waals surface area contributed by atoms with E-state index in [1.165, 1.54) is 25.7 Å². The van der Waals surface area contributed by atoms with Crippen LogP contribution in [0.3, 0.4) is 0 Å². The Kier molecular flexibility index (Phi) is 7.24. The van der Waals surface area contributed by atoms with E-state index in [1.54, 1.807) is 0 Å². The zero-order chi connectivity index (χ0) is 8.53. The lowest BCUT2D eigenvalue weighted by Gasteiger charge is -2.07. The molecular formula is C10H19N. The molecule has 0 bridgehead atoms. The smallest absolute Gasteiger partial charge is 0.0621 e. The van der Waals surface area contributed by atoms with Crippen molar-refractivity contribution in [2.75, 3.05) is 0 Å². The van der Waals surface area contributed by atoms with Crippen LogP contribution < -0.4 is 0 Å². The highest BCUT2D eigenvalue weighted by atomic mass is 14.2. The van der Waals surface area contributed by atoms with Gasteiger partial charge in [-0.15, -0.1) is 0 Å². The van der Waals surface area contributed by atoms with Gasteiger partial charge in [0.25, 0.3) is 0 Å². The molecule has 1 atom stereocenters. The van der Waals surface area contributed by atoms with E-state index < -0.39 is 0 Å². The summed E-state index contributed by atoms with van der Waals surface area (Å²) >= 11 is 0. The summed E-state index contributed by atoms with van der Waals surface area (Å²) < 4.78 is 0. The second-order valence-electron chi connectivity index (χ2n) is 3.30. The molecule has 0 aromatic heterocycles. The molecule has 0 unspecified atom stereocenters. The van der Waals surface area contributed by atoms with Crippen molar-refractivity contribution in [3.8, 4) is 6.07 Å². The van der Waals surface area contributed by atoms with Gasteiger partial charge in [0, 0.05) is 6.42 Å². The average Bonchev–Trinajstić information content (AvgIpc) is 1.99. The second-order valence-corrected chi connectivity index (χ2v) is 3.30. The minimum absolute atomic E-state index is 0.735. The average molecular weight is 153 g/mol. The largest absolute Gasteiger partial charge is 0.198 e.